The van der Waals surface area contributed by atoms with Gasteiger partial charge in [0.15, 0.2) is 4.32 Å². The average molecular weight is 472 g/mol. The molecule has 0 spiro atoms. The topological polar surface area (TPSA) is 32.7 Å². The van der Waals surface area contributed by atoms with Gasteiger partial charge in [-0.3, -0.25) is 0 Å². The minimum Gasteiger partial charge on any atom is -0.377 e. The second-order valence-electron chi connectivity index (χ2n) is 8.76. The van der Waals surface area contributed by atoms with E-state index in [-0.39, 0.29) is 12.1 Å². The van der Waals surface area contributed by atoms with Crippen molar-refractivity contribution in [2.45, 2.75) is 77.3 Å². The van der Waals surface area contributed by atoms with E-state index >= 15 is 0 Å². The summed E-state index contributed by atoms with van der Waals surface area (Å²) in [5, 5.41) is 0. The van der Waals surface area contributed by atoms with Gasteiger partial charge in [-0.2, -0.15) is 0 Å². The first-order valence-electron chi connectivity index (χ1n) is 12.0. The summed E-state index contributed by atoms with van der Waals surface area (Å²) in [6, 6.07) is 17.8. The minimum absolute atomic E-state index is 0.131. The fourth-order valence-corrected chi connectivity index (χ4v) is 5.39. The van der Waals surface area contributed by atoms with E-state index in [0.717, 1.165) is 25.7 Å². The molecule has 2 aromatic rings. The Morgan fingerprint density at radius 2 is 1.31 bits per heavy atom. The molecular weight excluding hydrogens is 434 g/mol. The fraction of sp³-hybridized carbons (Fsp3) is 0.519. The van der Waals surface area contributed by atoms with Crippen LogP contribution in [-0.2, 0) is 30.4 Å². The van der Waals surface area contributed by atoms with Gasteiger partial charge in [0, 0.05) is 0 Å². The van der Waals surface area contributed by atoms with Crippen LogP contribution in [0.15, 0.2) is 48.5 Å². The van der Waals surface area contributed by atoms with Crippen LogP contribution in [0.5, 0.6) is 0 Å². The maximum absolute atomic E-state index is 9.89. The summed E-state index contributed by atoms with van der Waals surface area (Å²) >= 11 is 6.35. The Kier molecular flexibility index (Phi) is 10.5. The first kappa shape index (κ1) is 25.2. The minimum atomic E-state index is 0.131. The smallest absolute Gasteiger partial charge is 0.164 e. The van der Waals surface area contributed by atoms with E-state index in [1.165, 1.54) is 47.9 Å². The highest BCUT2D eigenvalue weighted by atomic mass is 32.2. The van der Waals surface area contributed by atoms with E-state index in [9.17, 15) is 4.55 Å². The summed E-state index contributed by atoms with van der Waals surface area (Å²) in [5.41, 5.74) is 5.58. The third-order valence-corrected chi connectivity index (χ3v) is 7.24. The van der Waals surface area contributed by atoms with Gasteiger partial charge in [0.2, 0.25) is 0 Å². The summed E-state index contributed by atoms with van der Waals surface area (Å²) in [5.74, 6) is 0. The van der Waals surface area contributed by atoms with Crippen molar-refractivity contribution in [3.05, 3.63) is 70.8 Å². The molecule has 3 nitrogen and oxygen atoms in total. The standard InChI is InChI=1S/C27H37NO2S2/c1-3-5-11-21-13-7-9-15-23(21)17-25-19-30-20-26(28(25)27(31)32-29)18-24-16-10-8-14-22(24)12-6-4-2/h7-10,13-16,25-26,29H,3-6,11-12,17-20H2,1-2H3. The van der Waals surface area contributed by atoms with Gasteiger partial charge in [-0.25, -0.2) is 0 Å². The fourth-order valence-electron chi connectivity index (χ4n) is 4.70. The largest absolute Gasteiger partial charge is 0.377 e. The van der Waals surface area contributed by atoms with Crippen molar-refractivity contribution < 1.29 is 9.29 Å². The van der Waals surface area contributed by atoms with Gasteiger partial charge in [-0.05, 0) is 60.8 Å². The second-order valence-corrected chi connectivity index (χ2v) is 9.98. The molecular formula is C27H37NO2S2. The number of rotatable bonds is 10. The van der Waals surface area contributed by atoms with Gasteiger partial charge in [0.1, 0.15) is 0 Å². The van der Waals surface area contributed by atoms with E-state index in [1.807, 2.05) is 0 Å². The summed E-state index contributed by atoms with van der Waals surface area (Å²) in [4.78, 5) is 2.26. The molecule has 5 heteroatoms. The van der Waals surface area contributed by atoms with E-state index in [0.29, 0.717) is 29.6 Å². The number of aryl methyl sites for hydroxylation is 2. The molecule has 1 aliphatic rings. The van der Waals surface area contributed by atoms with Gasteiger partial charge < -0.3 is 14.2 Å². The Balaban J connectivity index is 1.81. The molecule has 2 atom stereocenters. The van der Waals surface area contributed by atoms with E-state index in [4.69, 9.17) is 17.0 Å². The van der Waals surface area contributed by atoms with Gasteiger partial charge in [-0.1, -0.05) is 87.4 Å². The number of hydrogen-bond donors (Lipinski definition) is 1. The molecule has 3 rings (SSSR count). The SMILES string of the molecule is CCCCc1ccccc1CC1COCC(Cc2ccccc2CCCC)N1C(=S)SO. The quantitative estimate of drug-likeness (QED) is 0.307. The number of nitrogens with zero attached hydrogens (tertiary/aromatic N) is 1. The molecule has 1 aliphatic heterocycles. The van der Waals surface area contributed by atoms with Crippen LogP contribution >= 0.6 is 24.3 Å². The lowest BCUT2D eigenvalue weighted by Gasteiger charge is -2.43. The molecule has 174 valence electrons. The molecule has 0 saturated carbocycles. The molecule has 0 bridgehead atoms. The van der Waals surface area contributed by atoms with Crippen molar-refractivity contribution in [1.82, 2.24) is 4.90 Å². The van der Waals surface area contributed by atoms with Crippen LogP contribution in [0, 0.1) is 0 Å². The van der Waals surface area contributed by atoms with Crippen molar-refractivity contribution >= 4 is 28.6 Å². The molecule has 0 aromatic heterocycles. The predicted molar refractivity (Wildman–Crippen MR) is 141 cm³/mol. The van der Waals surface area contributed by atoms with E-state index in [1.54, 1.807) is 0 Å². The maximum atomic E-state index is 9.89. The van der Waals surface area contributed by atoms with Gasteiger partial charge in [0.25, 0.3) is 0 Å². The molecule has 1 fully saturated rings. The monoisotopic (exact) mass is 471 g/mol. The van der Waals surface area contributed by atoms with Crippen molar-refractivity contribution in [3.8, 4) is 0 Å². The molecule has 2 unspecified atom stereocenters. The lowest BCUT2D eigenvalue weighted by atomic mass is 9.93. The first-order valence-corrected chi connectivity index (χ1v) is 13.2. The van der Waals surface area contributed by atoms with E-state index in [2.05, 4.69) is 67.3 Å². The zero-order valence-electron chi connectivity index (χ0n) is 19.5. The van der Waals surface area contributed by atoms with Gasteiger partial charge in [-0.15, -0.1) is 0 Å². The second kappa shape index (κ2) is 13.3. The molecule has 1 heterocycles. The van der Waals surface area contributed by atoms with Crippen LogP contribution in [0.1, 0.15) is 61.8 Å². The third kappa shape index (κ3) is 6.80. The Morgan fingerprint density at radius 3 is 1.72 bits per heavy atom. The lowest BCUT2D eigenvalue weighted by Crippen LogP contribution is -2.55. The van der Waals surface area contributed by atoms with Gasteiger partial charge >= 0.3 is 0 Å². The number of thiocarbonyl (C=S) groups is 1. The van der Waals surface area contributed by atoms with Crippen LogP contribution in [0.4, 0.5) is 0 Å². The van der Waals surface area contributed by atoms with Crippen LogP contribution in [0.2, 0.25) is 0 Å². The molecule has 32 heavy (non-hydrogen) atoms. The Labute approximate surface area is 203 Å². The summed E-state index contributed by atoms with van der Waals surface area (Å²) in [6.45, 7) is 5.74. The number of benzene rings is 2. The summed E-state index contributed by atoms with van der Waals surface area (Å²) in [7, 11) is 0. The van der Waals surface area contributed by atoms with E-state index < -0.39 is 0 Å². The zero-order valence-corrected chi connectivity index (χ0v) is 21.1. The number of morpholine rings is 1. The number of hydrogen-bond acceptors (Lipinski definition) is 4. The molecule has 0 radical (unpaired) electrons. The highest BCUT2D eigenvalue weighted by Crippen LogP contribution is 2.27. The highest BCUT2D eigenvalue weighted by molar-refractivity contribution is 8.19. The first-order chi connectivity index (χ1) is 15.7. The van der Waals surface area contributed by atoms with Crippen LogP contribution in [0.25, 0.3) is 0 Å². The Bertz CT molecular complexity index is 796. The average Bonchev–Trinajstić information content (AvgIpc) is 2.82. The highest BCUT2D eigenvalue weighted by Gasteiger charge is 2.34. The predicted octanol–water partition coefficient (Wildman–Crippen LogP) is 6.72. The maximum Gasteiger partial charge on any atom is 0.164 e. The number of unbranched alkanes of at least 4 members (excludes halogenated alkanes) is 2. The Morgan fingerprint density at radius 1 is 0.875 bits per heavy atom. The zero-order chi connectivity index (χ0) is 22.8. The van der Waals surface area contributed by atoms with Crippen LogP contribution < -0.4 is 0 Å². The Hall–Kier alpha value is -1.40. The molecule has 2 aromatic carbocycles. The van der Waals surface area contributed by atoms with Gasteiger partial charge in [0.05, 0.1) is 37.3 Å². The van der Waals surface area contributed by atoms with Crippen molar-refractivity contribution in [2.75, 3.05) is 13.2 Å². The number of ether oxygens (including phenoxy) is 1. The van der Waals surface area contributed by atoms with Crippen molar-refractivity contribution in [2.24, 2.45) is 0 Å². The summed E-state index contributed by atoms with van der Waals surface area (Å²) < 4.78 is 16.6. The normalized spacial score (nSPS) is 18.7. The molecule has 1 saturated heterocycles. The van der Waals surface area contributed by atoms with Crippen LogP contribution in [0.3, 0.4) is 0 Å². The lowest BCUT2D eigenvalue weighted by molar-refractivity contribution is -0.0103. The van der Waals surface area contributed by atoms with Crippen molar-refractivity contribution in [1.29, 1.82) is 0 Å². The van der Waals surface area contributed by atoms with Crippen LogP contribution in [-0.4, -0.2) is 39.1 Å². The third-order valence-electron chi connectivity index (χ3n) is 6.44. The molecule has 1 N–H and O–H groups in total. The summed E-state index contributed by atoms with van der Waals surface area (Å²) in [6.07, 6.45) is 8.76. The molecule has 0 aliphatic carbocycles. The molecule has 0 amide bonds. The van der Waals surface area contributed by atoms with Crippen molar-refractivity contribution in [3.63, 3.8) is 0 Å².